The number of carbonyl (C=O) groups excluding carboxylic acids is 1. The van der Waals surface area contributed by atoms with Crippen LogP contribution in [0.3, 0.4) is 0 Å². The number of alkyl halides is 3. The molecule has 0 aliphatic carbocycles. The molecule has 0 aliphatic heterocycles. The summed E-state index contributed by atoms with van der Waals surface area (Å²) >= 11 is 23.6. The third-order valence-corrected chi connectivity index (χ3v) is 4.00. The normalized spacial score (nSPS) is 11.8. The Kier molecular flexibility index (Phi) is 3.95. The number of fused-ring (bicyclic) bond motifs is 1. The van der Waals surface area contributed by atoms with Gasteiger partial charge in [-0.25, -0.2) is 4.98 Å². The summed E-state index contributed by atoms with van der Waals surface area (Å²) in [4.78, 5) is 15.7. The van der Waals surface area contributed by atoms with Crippen LogP contribution >= 0.6 is 57.7 Å². The molecule has 2 rings (SSSR count). The van der Waals surface area contributed by atoms with Crippen LogP contribution in [0.25, 0.3) is 10.2 Å². The Balaban J connectivity index is 2.34. The molecular formula is C10H6Cl4N2OS. The summed E-state index contributed by atoms with van der Waals surface area (Å²) in [5.74, 6) is -0.741. The van der Waals surface area contributed by atoms with Crippen molar-refractivity contribution < 1.29 is 4.79 Å². The standard InChI is InChI=1S/C10H6Cl4N2OS/c1-4-2-7-6(3-5(4)11)15-9(18-7)16-8(17)10(12,13)14/h2-3H,1H3,(H,15,16,17). The Bertz CT molecular complexity index is 581. The summed E-state index contributed by atoms with van der Waals surface area (Å²) in [5.41, 5.74) is 1.63. The van der Waals surface area contributed by atoms with E-state index >= 15 is 0 Å². The van der Waals surface area contributed by atoms with E-state index in [0.29, 0.717) is 15.7 Å². The predicted octanol–water partition coefficient (Wildman–Crippen LogP) is 4.57. The zero-order valence-corrected chi connectivity index (χ0v) is 12.8. The van der Waals surface area contributed by atoms with Crippen LogP contribution in [0.4, 0.5) is 5.13 Å². The second kappa shape index (κ2) is 5.02. The first-order chi connectivity index (χ1) is 8.27. The van der Waals surface area contributed by atoms with Gasteiger partial charge >= 0.3 is 0 Å². The van der Waals surface area contributed by atoms with Gasteiger partial charge in [0.05, 0.1) is 10.2 Å². The van der Waals surface area contributed by atoms with Crippen molar-refractivity contribution in [2.45, 2.75) is 10.7 Å². The van der Waals surface area contributed by atoms with Gasteiger partial charge in [0, 0.05) is 5.02 Å². The first kappa shape index (κ1) is 14.2. The number of hydrogen-bond acceptors (Lipinski definition) is 3. The van der Waals surface area contributed by atoms with Crippen molar-refractivity contribution in [3.63, 3.8) is 0 Å². The number of carbonyl (C=O) groups is 1. The smallest absolute Gasteiger partial charge is 0.278 e. The zero-order valence-electron chi connectivity index (χ0n) is 8.93. The number of amides is 1. The lowest BCUT2D eigenvalue weighted by Crippen LogP contribution is -2.26. The number of nitrogens with zero attached hydrogens (tertiary/aromatic N) is 1. The number of anilines is 1. The van der Waals surface area contributed by atoms with E-state index in [-0.39, 0.29) is 0 Å². The lowest BCUT2D eigenvalue weighted by molar-refractivity contribution is -0.115. The average molecular weight is 344 g/mol. The molecule has 0 bridgehead atoms. The highest BCUT2D eigenvalue weighted by atomic mass is 35.6. The van der Waals surface area contributed by atoms with Crippen LogP contribution in [-0.2, 0) is 4.79 Å². The lowest BCUT2D eigenvalue weighted by Gasteiger charge is -2.08. The Labute approximate surface area is 127 Å². The van der Waals surface area contributed by atoms with Crippen LogP contribution in [0.15, 0.2) is 12.1 Å². The van der Waals surface area contributed by atoms with Crippen molar-refractivity contribution in [2.24, 2.45) is 0 Å². The van der Waals surface area contributed by atoms with Gasteiger partial charge in [-0.3, -0.25) is 10.1 Å². The molecule has 0 fully saturated rings. The Morgan fingerprint density at radius 1 is 1.39 bits per heavy atom. The zero-order chi connectivity index (χ0) is 13.5. The highest BCUT2D eigenvalue weighted by molar-refractivity contribution is 7.22. The van der Waals surface area contributed by atoms with E-state index in [1.807, 2.05) is 13.0 Å². The number of aryl methyl sites for hydroxylation is 1. The van der Waals surface area contributed by atoms with Gasteiger partial charge in [0.15, 0.2) is 5.13 Å². The molecule has 1 amide bonds. The molecule has 2 aromatic rings. The van der Waals surface area contributed by atoms with Gasteiger partial charge in [0.1, 0.15) is 0 Å². The van der Waals surface area contributed by atoms with Gasteiger partial charge < -0.3 is 0 Å². The van der Waals surface area contributed by atoms with E-state index in [9.17, 15) is 4.79 Å². The molecule has 3 nitrogen and oxygen atoms in total. The van der Waals surface area contributed by atoms with Crippen LogP contribution < -0.4 is 5.32 Å². The van der Waals surface area contributed by atoms with Crippen molar-refractivity contribution >= 4 is 79.0 Å². The van der Waals surface area contributed by atoms with E-state index in [2.05, 4.69) is 10.3 Å². The quantitative estimate of drug-likeness (QED) is 0.771. The summed E-state index contributed by atoms with van der Waals surface area (Å²) in [6, 6.07) is 3.62. The number of hydrogen-bond donors (Lipinski definition) is 1. The minimum Gasteiger partial charge on any atom is -0.298 e. The Morgan fingerprint density at radius 3 is 2.67 bits per heavy atom. The van der Waals surface area contributed by atoms with Crippen molar-refractivity contribution in [3.8, 4) is 0 Å². The van der Waals surface area contributed by atoms with E-state index < -0.39 is 9.70 Å². The average Bonchev–Trinajstić information content (AvgIpc) is 2.59. The highest BCUT2D eigenvalue weighted by Crippen LogP contribution is 2.32. The Morgan fingerprint density at radius 2 is 2.06 bits per heavy atom. The maximum atomic E-state index is 11.5. The van der Waals surface area contributed by atoms with Gasteiger partial charge in [-0.15, -0.1) is 0 Å². The van der Waals surface area contributed by atoms with Crippen LogP contribution in [0.5, 0.6) is 0 Å². The third-order valence-electron chi connectivity index (χ3n) is 2.15. The van der Waals surface area contributed by atoms with Crippen molar-refractivity contribution in [1.29, 1.82) is 0 Å². The molecule has 0 unspecified atom stereocenters. The fourth-order valence-electron chi connectivity index (χ4n) is 1.27. The summed E-state index contributed by atoms with van der Waals surface area (Å²) < 4.78 is -1.11. The Hall–Kier alpha value is -0.260. The summed E-state index contributed by atoms with van der Waals surface area (Å²) in [7, 11) is 0. The molecular weight excluding hydrogens is 338 g/mol. The molecule has 96 valence electrons. The third kappa shape index (κ3) is 3.00. The minimum atomic E-state index is -2.01. The molecule has 1 heterocycles. The first-order valence-electron chi connectivity index (χ1n) is 4.72. The van der Waals surface area contributed by atoms with Crippen LogP contribution in [-0.4, -0.2) is 14.7 Å². The topological polar surface area (TPSA) is 42.0 Å². The number of benzene rings is 1. The maximum Gasteiger partial charge on any atom is 0.278 e. The van der Waals surface area contributed by atoms with Gasteiger partial charge in [-0.05, 0) is 24.6 Å². The molecule has 0 spiro atoms. The van der Waals surface area contributed by atoms with E-state index in [1.165, 1.54) is 11.3 Å². The van der Waals surface area contributed by atoms with E-state index in [4.69, 9.17) is 46.4 Å². The highest BCUT2D eigenvalue weighted by Gasteiger charge is 2.31. The van der Waals surface area contributed by atoms with Gasteiger partial charge in [0.2, 0.25) is 0 Å². The molecule has 8 heteroatoms. The van der Waals surface area contributed by atoms with Crippen molar-refractivity contribution in [3.05, 3.63) is 22.7 Å². The number of thiazole rings is 1. The minimum absolute atomic E-state index is 0.364. The predicted molar refractivity (Wildman–Crippen MR) is 78.3 cm³/mol. The fraction of sp³-hybridized carbons (Fsp3) is 0.200. The van der Waals surface area contributed by atoms with Gasteiger partial charge in [-0.1, -0.05) is 57.7 Å². The molecule has 1 aromatic carbocycles. The molecule has 0 radical (unpaired) electrons. The molecule has 0 saturated carbocycles. The molecule has 0 saturated heterocycles. The van der Waals surface area contributed by atoms with Crippen molar-refractivity contribution in [2.75, 3.05) is 5.32 Å². The molecule has 0 atom stereocenters. The summed E-state index contributed by atoms with van der Waals surface area (Å²) in [6.07, 6.45) is 0. The van der Waals surface area contributed by atoms with Crippen LogP contribution in [0, 0.1) is 6.92 Å². The lowest BCUT2D eigenvalue weighted by atomic mass is 10.2. The largest absolute Gasteiger partial charge is 0.298 e. The molecule has 18 heavy (non-hydrogen) atoms. The van der Waals surface area contributed by atoms with E-state index in [1.54, 1.807) is 6.07 Å². The van der Waals surface area contributed by atoms with E-state index in [0.717, 1.165) is 10.3 Å². The van der Waals surface area contributed by atoms with Crippen molar-refractivity contribution in [1.82, 2.24) is 4.98 Å². The summed E-state index contributed by atoms with van der Waals surface area (Å²) in [5, 5.41) is 3.42. The van der Waals surface area contributed by atoms with Gasteiger partial charge in [0.25, 0.3) is 9.70 Å². The molecule has 1 N–H and O–H groups in total. The number of aromatic nitrogens is 1. The van der Waals surface area contributed by atoms with Crippen LogP contribution in [0.1, 0.15) is 5.56 Å². The van der Waals surface area contributed by atoms with Crippen LogP contribution in [0.2, 0.25) is 5.02 Å². The second-order valence-electron chi connectivity index (χ2n) is 3.54. The number of rotatable bonds is 1. The number of nitrogens with one attached hydrogen (secondary N) is 1. The fourth-order valence-corrected chi connectivity index (χ4v) is 2.51. The van der Waals surface area contributed by atoms with Gasteiger partial charge in [-0.2, -0.15) is 0 Å². The summed E-state index contributed by atoms with van der Waals surface area (Å²) in [6.45, 7) is 1.89. The second-order valence-corrected chi connectivity index (χ2v) is 7.26. The maximum absolute atomic E-state index is 11.5. The SMILES string of the molecule is Cc1cc2sc(NC(=O)C(Cl)(Cl)Cl)nc2cc1Cl. The molecule has 0 aliphatic rings. The number of halogens is 4. The first-order valence-corrected chi connectivity index (χ1v) is 7.05. The monoisotopic (exact) mass is 342 g/mol. The molecule has 1 aromatic heterocycles.